The number of ether oxygens (including phenoxy) is 3. The van der Waals surface area contributed by atoms with Crippen LogP contribution in [0.4, 0.5) is 5.69 Å². The van der Waals surface area contributed by atoms with Crippen molar-refractivity contribution in [1.29, 1.82) is 0 Å². The summed E-state index contributed by atoms with van der Waals surface area (Å²) in [5.41, 5.74) is 2.00. The molecule has 0 spiro atoms. The van der Waals surface area contributed by atoms with Gasteiger partial charge in [-0.05, 0) is 60.5 Å². The second kappa shape index (κ2) is 9.90. The summed E-state index contributed by atoms with van der Waals surface area (Å²) in [6, 6.07) is 21.4. The molecule has 3 aromatic rings. The lowest BCUT2D eigenvalue weighted by Gasteiger charge is -2.14. The van der Waals surface area contributed by atoms with Crippen LogP contribution >= 0.6 is 11.6 Å². The van der Waals surface area contributed by atoms with Gasteiger partial charge in [-0.1, -0.05) is 36.7 Å². The monoisotopic (exact) mass is 397 g/mol. The topological polar surface area (TPSA) is 39.7 Å². The molecule has 0 fully saturated rings. The highest BCUT2D eigenvalue weighted by Crippen LogP contribution is 2.36. The number of anilines is 1. The van der Waals surface area contributed by atoms with Crippen LogP contribution in [-0.2, 0) is 6.54 Å². The number of methoxy groups -OCH3 is 1. The van der Waals surface area contributed by atoms with Gasteiger partial charge in [0.2, 0.25) is 0 Å². The lowest BCUT2D eigenvalue weighted by atomic mass is 10.2. The van der Waals surface area contributed by atoms with Gasteiger partial charge in [0.15, 0.2) is 11.5 Å². The van der Waals surface area contributed by atoms with Crippen LogP contribution in [0.15, 0.2) is 66.7 Å². The maximum Gasteiger partial charge on any atom is 0.179 e. The van der Waals surface area contributed by atoms with Crippen molar-refractivity contribution in [2.24, 2.45) is 0 Å². The van der Waals surface area contributed by atoms with Gasteiger partial charge in [0, 0.05) is 12.2 Å². The Balaban J connectivity index is 1.63. The Bertz CT molecular complexity index is 882. The molecule has 0 aliphatic carbocycles. The van der Waals surface area contributed by atoms with E-state index in [4.69, 9.17) is 25.8 Å². The Morgan fingerprint density at radius 3 is 2.32 bits per heavy atom. The Hall–Kier alpha value is -2.85. The SMILES string of the molecule is CCCOc1c(Cl)cc(CNc2ccc(Oc3ccccc3)cc2)cc1OC. The van der Waals surface area contributed by atoms with Crippen LogP contribution in [0, 0.1) is 0 Å². The number of benzene rings is 3. The van der Waals surface area contributed by atoms with Gasteiger partial charge in [-0.3, -0.25) is 0 Å². The summed E-state index contributed by atoms with van der Waals surface area (Å²) >= 11 is 6.38. The fraction of sp³-hybridized carbons (Fsp3) is 0.217. The molecule has 0 amide bonds. The lowest BCUT2D eigenvalue weighted by molar-refractivity contribution is 0.294. The van der Waals surface area contributed by atoms with Gasteiger partial charge in [0.25, 0.3) is 0 Å². The van der Waals surface area contributed by atoms with Crippen molar-refractivity contribution in [3.8, 4) is 23.0 Å². The van der Waals surface area contributed by atoms with E-state index in [-0.39, 0.29) is 0 Å². The Morgan fingerprint density at radius 1 is 0.929 bits per heavy atom. The Morgan fingerprint density at radius 2 is 1.64 bits per heavy atom. The van der Waals surface area contributed by atoms with Crippen LogP contribution in [0.3, 0.4) is 0 Å². The van der Waals surface area contributed by atoms with Crippen LogP contribution in [0.5, 0.6) is 23.0 Å². The minimum atomic E-state index is 0.552. The average Bonchev–Trinajstić information content (AvgIpc) is 2.73. The van der Waals surface area contributed by atoms with Crippen LogP contribution in [0.2, 0.25) is 5.02 Å². The van der Waals surface area contributed by atoms with Gasteiger partial charge in [-0.15, -0.1) is 0 Å². The van der Waals surface area contributed by atoms with E-state index >= 15 is 0 Å². The summed E-state index contributed by atoms with van der Waals surface area (Å²) in [6.07, 6.45) is 0.909. The standard InChI is InChI=1S/C23H24ClNO3/c1-3-13-27-23-21(24)14-17(15-22(23)26-2)16-25-18-9-11-20(12-10-18)28-19-7-5-4-6-8-19/h4-12,14-15,25H,3,13,16H2,1-2H3. The maximum atomic E-state index is 6.38. The summed E-state index contributed by atoms with van der Waals surface area (Å²) in [4.78, 5) is 0. The highest BCUT2D eigenvalue weighted by molar-refractivity contribution is 6.32. The van der Waals surface area contributed by atoms with Crippen LogP contribution in [-0.4, -0.2) is 13.7 Å². The number of nitrogens with one attached hydrogen (secondary N) is 1. The Kier molecular flexibility index (Phi) is 7.04. The van der Waals surface area contributed by atoms with Crippen LogP contribution in [0.25, 0.3) is 0 Å². The molecule has 0 atom stereocenters. The van der Waals surface area contributed by atoms with E-state index in [1.807, 2.05) is 66.7 Å². The molecule has 0 aromatic heterocycles. The molecule has 146 valence electrons. The minimum absolute atomic E-state index is 0.552. The predicted octanol–water partition coefficient (Wildman–Crippen LogP) is 6.54. The quantitative estimate of drug-likeness (QED) is 0.444. The molecule has 0 radical (unpaired) electrons. The highest BCUT2D eigenvalue weighted by atomic mass is 35.5. The van der Waals surface area contributed by atoms with E-state index in [9.17, 15) is 0 Å². The molecule has 0 unspecified atom stereocenters. The molecular weight excluding hydrogens is 374 g/mol. The molecular formula is C23H24ClNO3. The number of hydrogen-bond donors (Lipinski definition) is 1. The summed E-state index contributed by atoms with van der Waals surface area (Å²) in [6.45, 7) is 3.27. The normalized spacial score (nSPS) is 10.4. The molecule has 0 bridgehead atoms. The molecule has 1 N–H and O–H groups in total. The van der Waals surface area contributed by atoms with Crippen molar-refractivity contribution >= 4 is 17.3 Å². The average molecular weight is 398 g/mol. The number of hydrogen-bond acceptors (Lipinski definition) is 4. The fourth-order valence-electron chi connectivity index (χ4n) is 2.69. The second-order valence-corrected chi connectivity index (χ2v) is 6.66. The molecule has 3 aromatic carbocycles. The molecule has 0 heterocycles. The van der Waals surface area contributed by atoms with E-state index in [2.05, 4.69) is 12.2 Å². The van der Waals surface area contributed by atoms with Crippen LogP contribution in [0.1, 0.15) is 18.9 Å². The smallest absolute Gasteiger partial charge is 0.179 e. The summed E-state index contributed by atoms with van der Waals surface area (Å²) in [7, 11) is 1.62. The van der Waals surface area contributed by atoms with Crippen molar-refractivity contribution in [2.75, 3.05) is 19.0 Å². The molecule has 0 saturated carbocycles. The van der Waals surface area contributed by atoms with E-state index in [1.165, 1.54) is 0 Å². The van der Waals surface area contributed by atoms with Gasteiger partial charge in [0.1, 0.15) is 11.5 Å². The van der Waals surface area contributed by atoms with Crippen molar-refractivity contribution in [2.45, 2.75) is 19.9 Å². The number of rotatable bonds is 9. The fourth-order valence-corrected chi connectivity index (χ4v) is 2.98. The van der Waals surface area contributed by atoms with Gasteiger partial charge in [0.05, 0.1) is 18.7 Å². The molecule has 4 nitrogen and oxygen atoms in total. The third-order valence-corrected chi connectivity index (χ3v) is 4.35. The molecule has 5 heteroatoms. The highest BCUT2D eigenvalue weighted by Gasteiger charge is 2.12. The number of halogens is 1. The zero-order chi connectivity index (χ0) is 19.8. The maximum absolute atomic E-state index is 6.38. The minimum Gasteiger partial charge on any atom is -0.493 e. The number of para-hydroxylation sites is 1. The van der Waals surface area contributed by atoms with Crippen molar-refractivity contribution in [3.63, 3.8) is 0 Å². The first-order valence-corrected chi connectivity index (χ1v) is 9.63. The van der Waals surface area contributed by atoms with E-state index in [1.54, 1.807) is 7.11 Å². The Labute approximate surface area is 171 Å². The van der Waals surface area contributed by atoms with E-state index in [0.717, 1.165) is 29.2 Å². The predicted molar refractivity (Wildman–Crippen MR) is 114 cm³/mol. The first kappa shape index (κ1) is 19.9. The van der Waals surface area contributed by atoms with E-state index < -0.39 is 0 Å². The lowest BCUT2D eigenvalue weighted by Crippen LogP contribution is -2.03. The van der Waals surface area contributed by atoms with E-state index in [0.29, 0.717) is 29.7 Å². The van der Waals surface area contributed by atoms with Crippen molar-refractivity contribution < 1.29 is 14.2 Å². The second-order valence-electron chi connectivity index (χ2n) is 6.25. The molecule has 0 aliphatic rings. The molecule has 28 heavy (non-hydrogen) atoms. The largest absolute Gasteiger partial charge is 0.493 e. The van der Waals surface area contributed by atoms with Gasteiger partial charge >= 0.3 is 0 Å². The summed E-state index contributed by atoms with van der Waals surface area (Å²) in [5, 5.41) is 3.93. The zero-order valence-corrected chi connectivity index (χ0v) is 16.8. The molecule has 0 saturated heterocycles. The molecule has 3 rings (SSSR count). The third-order valence-electron chi connectivity index (χ3n) is 4.07. The zero-order valence-electron chi connectivity index (χ0n) is 16.1. The van der Waals surface area contributed by atoms with Crippen LogP contribution < -0.4 is 19.5 Å². The third kappa shape index (κ3) is 5.33. The van der Waals surface area contributed by atoms with Gasteiger partial charge in [-0.2, -0.15) is 0 Å². The van der Waals surface area contributed by atoms with Crippen molar-refractivity contribution in [3.05, 3.63) is 77.3 Å². The summed E-state index contributed by atoms with van der Waals surface area (Å²) in [5.74, 6) is 2.84. The van der Waals surface area contributed by atoms with Gasteiger partial charge in [-0.25, -0.2) is 0 Å². The van der Waals surface area contributed by atoms with Crippen molar-refractivity contribution in [1.82, 2.24) is 0 Å². The molecule has 0 aliphatic heterocycles. The van der Waals surface area contributed by atoms with Gasteiger partial charge < -0.3 is 19.5 Å². The first-order valence-electron chi connectivity index (χ1n) is 9.25. The summed E-state index contributed by atoms with van der Waals surface area (Å²) < 4.78 is 16.9. The first-order chi connectivity index (χ1) is 13.7.